The fraction of sp³-hybridized carbons (Fsp3) is 0.278. The highest BCUT2D eigenvalue weighted by molar-refractivity contribution is 5.76. The second-order valence-electron chi connectivity index (χ2n) is 5.28. The first-order valence-corrected chi connectivity index (χ1v) is 7.24. The molecule has 0 aromatic heterocycles. The molecule has 1 amide bonds. The lowest BCUT2D eigenvalue weighted by molar-refractivity contribution is -0.121. The average Bonchev–Trinajstić information content (AvgIpc) is 2.50. The Bertz CT molecular complexity index is 564. The maximum Gasteiger partial charge on any atom is 0.220 e. The number of carbonyl (C=O) groups is 1. The third kappa shape index (κ3) is 4.95. The largest absolute Gasteiger partial charge is 0.508 e. The minimum atomic E-state index is 0.0742. The van der Waals surface area contributed by atoms with Crippen LogP contribution in [0.15, 0.2) is 54.6 Å². The van der Waals surface area contributed by atoms with Crippen LogP contribution in [0.25, 0.3) is 0 Å². The van der Waals surface area contributed by atoms with E-state index >= 15 is 0 Å². The van der Waals surface area contributed by atoms with Gasteiger partial charge in [-0.05, 0) is 35.6 Å². The zero-order valence-corrected chi connectivity index (χ0v) is 12.3. The van der Waals surface area contributed by atoms with Gasteiger partial charge in [0.05, 0.1) is 0 Å². The number of phenols is 1. The summed E-state index contributed by atoms with van der Waals surface area (Å²) in [6, 6.07) is 17.1. The van der Waals surface area contributed by atoms with Gasteiger partial charge in [-0.15, -0.1) is 0 Å². The van der Waals surface area contributed by atoms with Crippen molar-refractivity contribution in [2.45, 2.75) is 25.7 Å². The summed E-state index contributed by atoms with van der Waals surface area (Å²) in [7, 11) is 0. The van der Waals surface area contributed by atoms with Crippen LogP contribution in [0.2, 0.25) is 0 Å². The molecule has 0 saturated heterocycles. The molecule has 2 rings (SSSR count). The lowest BCUT2D eigenvalue weighted by Gasteiger charge is -2.12. The number of hydrogen-bond acceptors (Lipinski definition) is 2. The van der Waals surface area contributed by atoms with Gasteiger partial charge in [-0.3, -0.25) is 4.79 Å². The van der Waals surface area contributed by atoms with Crippen molar-refractivity contribution in [3.8, 4) is 5.75 Å². The van der Waals surface area contributed by atoms with Crippen molar-refractivity contribution in [2.24, 2.45) is 0 Å². The first-order chi connectivity index (χ1) is 10.1. The van der Waals surface area contributed by atoms with Crippen LogP contribution in [-0.2, 0) is 11.2 Å². The average molecular weight is 283 g/mol. The first-order valence-electron chi connectivity index (χ1n) is 7.24. The molecule has 0 aliphatic carbocycles. The summed E-state index contributed by atoms with van der Waals surface area (Å²) in [5, 5.41) is 12.2. The molecular formula is C18H21NO2. The molecular weight excluding hydrogens is 262 g/mol. The Labute approximate surface area is 125 Å². The lowest BCUT2D eigenvalue weighted by Crippen LogP contribution is -2.26. The van der Waals surface area contributed by atoms with E-state index in [1.807, 2.05) is 42.5 Å². The molecule has 21 heavy (non-hydrogen) atoms. The Morgan fingerprint density at radius 3 is 2.43 bits per heavy atom. The van der Waals surface area contributed by atoms with Crippen LogP contribution in [-0.4, -0.2) is 17.6 Å². The Hall–Kier alpha value is -2.29. The third-order valence-electron chi connectivity index (χ3n) is 3.53. The topological polar surface area (TPSA) is 49.3 Å². The molecule has 0 heterocycles. The molecule has 0 bridgehead atoms. The smallest absolute Gasteiger partial charge is 0.220 e. The Balaban J connectivity index is 1.73. The van der Waals surface area contributed by atoms with E-state index in [1.54, 1.807) is 12.1 Å². The van der Waals surface area contributed by atoms with E-state index in [9.17, 15) is 9.90 Å². The molecule has 0 aliphatic heterocycles. The van der Waals surface area contributed by atoms with Crippen molar-refractivity contribution in [3.63, 3.8) is 0 Å². The molecule has 3 nitrogen and oxygen atoms in total. The van der Waals surface area contributed by atoms with Gasteiger partial charge >= 0.3 is 0 Å². The number of nitrogens with one attached hydrogen (secondary N) is 1. The maximum absolute atomic E-state index is 11.9. The SMILES string of the molecule is C[C@@H](CC(=O)NCCc1ccc(O)cc1)c1ccccc1. The first kappa shape index (κ1) is 15.1. The molecule has 0 unspecified atom stereocenters. The molecule has 2 N–H and O–H groups in total. The van der Waals surface area contributed by atoms with Gasteiger partial charge in [0.1, 0.15) is 5.75 Å². The summed E-state index contributed by atoms with van der Waals surface area (Å²) in [5.74, 6) is 0.560. The van der Waals surface area contributed by atoms with Crippen LogP contribution in [0, 0.1) is 0 Å². The van der Waals surface area contributed by atoms with Crippen molar-refractivity contribution in [1.82, 2.24) is 5.32 Å². The van der Waals surface area contributed by atoms with Crippen LogP contribution in [0.3, 0.4) is 0 Å². The van der Waals surface area contributed by atoms with Crippen molar-refractivity contribution >= 4 is 5.91 Å². The minimum Gasteiger partial charge on any atom is -0.508 e. The highest BCUT2D eigenvalue weighted by Gasteiger charge is 2.10. The molecule has 2 aromatic rings. The molecule has 3 heteroatoms. The molecule has 0 aliphatic rings. The van der Waals surface area contributed by atoms with Crippen molar-refractivity contribution < 1.29 is 9.90 Å². The van der Waals surface area contributed by atoms with Crippen molar-refractivity contribution in [2.75, 3.05) is 6.54 Å². The van der Waals surface area contributed by atoms with Gasteiger partial charge < -0.3 is 10.4 Å². The summed E-state index contributed by atoms with van der Waals surface area (Å²) in [4.78, 5) is 11.9. The normalized spacial score (nSPS) is 11.9. The predicted molar refractivity (Wildman–Crippen MR) is 84.3 cm³/mol. The Morgan fingerprint density at radius 2 is 1.76 bits per heavy atom. The molecule has 0 radical (unpaired) electrons. The molecule has 1 atom stereocenters. The molecule has 2 aromatic carbocycles. The third-order valence-corrected chi connectivity index (χ3v) is 3.53. The van der Waals surface area contributed by atoms with Crippen LogP contribution >= 0.6 is 0 Å². The summed E-state index contributed by atoms with van der Waals surface area (Å²) < 4.78 is 0. The van der Waals surface area contributed by atoms with E-state index in [0.717, 1.165) is 12.0 Å². The van der Waals surface area contributed by atoms with Gasteiger partial charge in [-0.2, -0.15) is 0 Å². The summed E-state index contributed by atoms with van der Waals surface area (Å²) in [6.45, 7) is 2.68. The van der Waals surface area contributed by atoms with Crippen molar-refractivity contribution in [3.05, 3.63) is 65.7 Å². The van der Waals surface area contributed by atoms with E-state index in [1.165, 1.54) is 5.56 Å². The molecule has 0 fully saturated rings. The van der Waals surface area contributed by atoms with Crippen LogP contribution in [0.5, 0.6) is 5.75 Å². The second kappa shape index (κ2) is 7.48. The van der Waals surface area contributed by atoms with E-state index in [-0.39, 0.29) is 17.6 Å². The minimum absolute atomic E-state index is 0.0742. The van der Waals surface area contributed by atoms with E-state index in [0.29, 0.717) is 13.0 Å². The number of carbonyl (C=O) groups excluding carboxylic acids is 1. The van der Waals surface area contributed by atoms with Gasteiger partial charge in [0.15, 0.2) is 0 Å². The van der Waals surface area contributed by atoms with Crippen molar-refractivity contribution in [1.29, 1.82) is 0 Å². The number of hydrogen-bond donors (Lipinski definition) is 2. The Morgan fingerprint density at radius 1 is 1.10 bits per heavy atom. The number of rotatable bonds is 6. The van der Waals surface area contributed by atoms with Gasteiger partial charge in [-0.25, -0.2) is 0 Å². The summed E-state index contributed by atoms with van der Waals surface area (Å²) in [5.41, 5.74) is 2.29. The van der Waals surface area contributed by atoms with Gasteiger partial charge in [0.25, 0.3) is 0 Å². The predicted octanol–water partition coefficient (Wildman–Crippen LogP) is 3.24. The fourth-order valence-corrected chi connectivity index (χ4v) is 2.26. The number of phenolic OH excluding ortho intramolecular Hbond substituents is 1. The summed E-state index contributed by atoms with van der Waals surface area (Å²) >= 11 is 0. The number of amides is 1. The monoisotopic (exact) mass is 283 g/mol. The Kier molecular flexibility index (Phi) is 5.38. The molecule has 0 saturated carbocycles. The maximum atomic E-state index is 11.9. The number of benzene rings is 2. The zero-order valence-electron chi connectivity index (χ0n) is 12.3. The van der Waals surface area contributed by atoms with Crippen LogP contribution < -0.4 is 5.32 Å². The summed E-state index contributed by atoms with van der Waals surface area (Å²) in [6.07, 6.45) is 1.27. The van der Waals surface area contributed by atoms with Crippen LogP contribution in [0.4, 0.5) is 0 Å². The zero-order chi connectivity index (χ0) is 15.1. The molecule has 0 spiro atoms. The van der Waals surface area contributed by atoms with E-state index < -0.39 is 0 Å². The fourth-order valence-electron chi connectivity index (χ4n) is 2.26. The van der Waals surface area contributed by atoms with E-state index in [2.05, 4.69) is 12.2 Å². The van der Waals surface area contributed by atoms with Gasteiger partial charge in [-0.1, -0.05) is 49.4 Å². The van der Waals surface area contributed by atoms with E-state index in [4.69, 9.17) is 0 Å². The van der Waals surface area contributed by atoms with Gasteiger partial charge in [0, 0.05) is 13.0 Å². The second-order valence-corrected chi connectivity index (χ2v) is 5.28. The number of aromatic hydroxyl groups is 1. The highest BCUT2D eigenvalue weighted by atomic mass is 16.3. The van der Waals surface area contributed by atoms with Gasteiger partial charge in [0.2, 0.25) is 5.91 Å². The lowest BCUT2D eigenvalue weighted by atomic mass is 9.97. The highest BCUT2D eigenvalue weighted by Crippen LogP contribution is 2.18. The standard InChI is InChI=1S/C18H21NO2/c1-14(16-5-3-2-4-6-16)13-18(21)19-12-11-15-7-9-17(20)10-8-15/h2-10,14,20H,11-13H2,1H3,(H,19,21)/t14-/m0/s1. The van der Waals surface area contributed by atoms with Crippen LogP contribution in [0.1, 0.15) is 30.4 Å². The quantitative estimate of drug-likeness (QED) is 0.855. The molecule has 110 valence electrons.